The third-order valence-corrected chi connectivity index (χ3v) is 4.45. The molecular formula is C14H19NO4S. The highest BCUT2D eigenvalue weighted by Crippen LogP contribution is 2.25. The van der Waals surface area contributed by atoms with E-state index in [1.165, 1.54) is 0 Å². The van der Waals surface area contributed by atoms with Gasteiger partial charge in [-0.25, -0.2) is 4.79 Å². The van der Waals surface area contributed by atoms with Crippen LogP contribution in [0, 0.1) is 5.92 Å². The molecule has 2 rings (SSSR count). The Hall–Kier alpha value is -1.56. The highest BCUT2D eigenvalue weighted by molar-refractivity contribution is 7.12. The first-order chi connectivity index (χ1) is 9.56. The number of nitrogens with one attached hydrogen (secondary N) is 1. The summed E-state index contributed by atoms with van der Waals surface area (Å²) in [6, 6.07) is 1.80. The number of ether oxygens (including phenoxy) is 1. The van der Waals surface area contributed by atoms with Crippen LogP contribution in [0.2, 0.25) is 0 Å². The van der Waals surface area contributed by atoms with E-state index in [0.29, 0.717) is 0 Å². The first kappa shape index (κ1) is 14.8. The largest absolute Gasteiger partial charge is 0.482 e. The Labute approximate surface area is 121 Å². The molecule has 1 aliphatic rings. The Balaban J connectivity index is 1.77. The molecule has 1 fully saturated rings. The third-order valence-electron chi connectivity index (χ3n) is 3.56. The molecule has 110 valence electrons. The van der Waals surface area contributed by atoms with Crippen LogP contribution in [0.3, 0.4) is 0 Å². The minimum atomic E-state index is -1.03. The predicted octanol–water partition coefficient (Wildman–Crippen LogP) is 2.52. The van der Waals surface area contributed by atoms with Crippen molar-refractivity contribution in [2.24, 2.45) is 5.92 Å². The molecule has 0 bridgehead atoms. The van der Waals surface area contributed by atoms with Crippen molar-refractivity contribution in [3.63, 3.8) is 0 Å². The Kier molecular flexibility index (Phi) is 5.00. The number of carboxylic acids is 1. The van der Waals surface area contributed by atoms with Crippen molar-refractivity contribution in [1.82, 2.24) is 5.32 Å². The van der Waals surface area contributed by atoms with Crippen molar-refractivity contribution >= 4 is 23.2 Å². The molecule has 2 N–H and O–H groups in total. The SMILES string of the molecule is CC1CCC(NC(=O)COc2ccsc2C(=O)O)CC1. The van der Waals surface area contributed by atoms with Crippen molar-refractivity contribution in [3.8, 4) is 5.75 Å². The maximum Gasteiger partial charge on any atom is 0.349 e. The lowest BCUT2D eigenvalue weighted by Crippen LogP contribution is -2.39. The van der Waals surface area contributed by atoms with Crippen LogP contribution in [-0.4, -0.2) is 29.6 Å². The molecule has 1 heterocycles. The zero-order valence-corrected chi connectivity index (χ0v) is 12.2. The number of aromatic carboxylic acids is 1. The minimum absolute atomic E-state index is 0.129. The summed E-state index contributed by atoms with van der Waals surface area (Å²) in [6.07, 6.45) is 4.29. The van der Waals surface area contributed by atoms with Gasteiger partial charge in [-0.05, 0) is 43.0 Å². The summed E-state index contributed by atoms with van der Waals surface area (Å²) in [4.78, 5) is 22.8. The quantitative estimate of drug-likeness (QED) is 0.875. The van der Waals surface area contributed by atoms with Gasteiger partial charge in [0.15, 0.2) is 11.5 Å². The van der Waals surface area contributed by atoms with Crippen molar-refractivity contribution in [3.05, 3.63) is 16.3 Å². The first-order valence-corrected chi connectivity index (χ1v) is 7.67. The minimum Gasteiger partial charge on any atom is -0.482 e. The number of hydrogen-bond acceptors (Lipinski definition) is 4. The van der Waals surface area contributed by atoms with E-state index in [2.05, 4.69) is 12.2 Å². The monoisotopic (exact) mass is 297 g/mol. The van der Waals surface area contributed by atoms with Gasteiger partial charge < -0.3 is 15.2 Å². The zero-order valence-electron chi connectivity index (χ0n) is 11.4. The second kappa shape index (κ2) is 6.74. The lowest BCUT2D eigenvalue weighted by Gasteiger charge is -2.26. The molecule has 6 heteroatoms. The average molecular weight is 297 g/mol. The summed E-state index contributed by atoms with van der Waals surface area (Å²) < 4.78 is 5.28. The van der Waals surface area contributed by atoms with E-state index in [1.54, 1.807) is 11.4 Å². The van der Waals surface area contributed by atoms with E-state index >= 15 is 0 Å². The van der Waals surface area contributed by atoms with Gasteiger partial charge in [-0.15, -0.1) is 11.3 Å². The highest BCUT2D eigenvalue weighted by atomic mass is 32.1. The van der Waals surface area contributed by atoms with Gasteiger partial charge in [0, 0.05) is 6.04 Å². The van der Waals surface area contributed by atoms with E-state index in [1.807, 2.05) is 0 Å². The third kappa shape index (κ3) is 3.96. The van der Waals surface area contributed by atoms with Crippen LogP contribution in [0.5, 0.6) is 5.75 Å². The summed E-state index contributed by atoms with van der Waals surface area (Å²) in [7, 11) is 0. The summed E-state index contributed by atoms with van der Waals surface area (Å²) in [5.74, 6) is -0.220. The smallest absolute Gasteiger partial charge is 0.349 e. The number of carbonyl (C=O) groups excluding carboxylic acids is 1. The van der Waals surface area contributed by atoms with Crippen LogP contribution in [-0.2, 0) is 4.79 Å². The van der Waals surface area contributed by atoms with E-state index < -0.39 is 5.97 Å². The Bertz CT molecular complexity index is 477. The first-order valence-electron chi connectivity index (χ1n) is 6.79. The Morgan fingerprint density at radius 1 is 1.40 bits per heavy atom. The van der Waals surface area contributed by atoms with Crippen LogP contribution in [0.15, 0.2) is 11.4 Å². The normalized spacial score (nSPS) is 22.2. The molecule has 1 amide bonds. The zero-order chi connectivity index (χ0) is 14.5. The highest BCUT2D eigenvalue weighted by Gasteiger charge is 2.20. The molecule has 20 heavy (non-hydrogen) atoms. The molecule has 0 atom stereocenters. The number of amides is 1. The molecule has 1 saturated carbocycles. The average Bonchev–Trinajstić information content (AvgIpc) is 2.88. The van der Waals surface area contributed by atoms with Gasteiger partial charge in [0.25, 0.3) is 5.91 Å². The van der Waals surface area contributed by atoms with E-state index in [-0.39, 0.29) is 29.2 Å². The molecule has 0 unspecified atom stereocenters. The molecule has 0 spiro atoms. The Morgan fingerprint density at radius 3 is 2.75 bits per heavy atom. The second-order valence-electron chi connectivity index (χ2n) is 5.23. The fourth-order valence-electron chi connectivity index (χ4n) is 2.38. The van der Waals surface area contributed by atoms with Crippen molar-refractivity contribution < 1.29 is 19.4 Å². The number of thiophene rings is 1. The molecule has 0 aliphatic heterocycles. The van der Waals surface area contributed by atoms with E-state index in [0.717, 1.165) is 42.9 Å². The molecule has 1 aliphatic carbocycles. The predicted molar refractivity (Wildman–Crippen MR) is 76.3 cm³/mol. The fraction of sp³-hybridized carbons (Fsp3) is 0.571. The summed E-state index contributed by atoms with van der Waals surface area (Å²) in [5.41, 5.74) is 0. The van der Waals surface area contributed by atoms with E-state index in [9.17, 15) is 9.59 Å². The van der Waals surface area contributed by atoms with Crippen molar-refractivity contribution in [1.29, 1.82) is 0 Å². The van der Waals surface area contributed by atoms with Crippen LogP contribution in [0.1, 0.15) is 42.3 Å². The molecule has 0 aromatic carbocycles. The van der Waals surface area contributed by atoms with Gasteiger partial charge in [-0.3, -0.25) is 4.79 Å². The van der Waals surface area contributed by atoms with Gasteiger partial charge in [0.1, 0.15) is 5.75 Å². The molecule has 0 radical (unpaired) electrons. The number of hydrogen-bond donors (Lipinski definition) is 2. The fourth-order valence-corrected chi connectivity index (χ4v) is 3.06. The summed E-state index contributed by atoms with van der Waals surface area (Å²) >= 11 is 1.09. The lowest BCUT2D eigenvalue weighted by atomic mass is 9.87. The van der Waals surface area contributed by atoms with Gasteiger partial charge in [-0.1, -0.05) is 6.92 Å². The van der Waals surface area contributed by atoms with Gasteiger partial charge in [0.05, 0.1) is 0 Å². The maximum atomic E-state index is 11.8. The van der Waals surface area contributed by atoms with Crippen LogP contribution < -0.4 is 10.1 Å². The lowest BCUT2D eigenvalue weighted by molar-refractivity contribution is -0.124. The van der Waals surface area contributed by atoms with Gasteiger partial charge in [-0.2, -0.15) is 0 Å². The van der Waals surface area contributed by atoms with Gasteiger partial charge in [0.2, 0.25) is 0 Å². The second-order valence-corrected chi connectivity index (χ2v) is 6.15. The van der Waals surface area contributed by atoms with Gasteiger partial charge >= 0.3 is 5.97 Å². The number of carboxylic acid groups (broad SMARTS) is 1. The van der Waals surface area contributed by atoms with Crippen LogP contribution in [0.25, 0.3) is 0 Å². The standard InChI is InChI=1S/C14H19NO4S/c1-9-2-4-10(5-3-9)15-12(16)8-19-11-6-7-20-13(11)14(17)18/h6-7,9-10H,2-5,8H2,1H3,(H,15,16)(H,17,18). The molecule has 1 aromatic heterocycles. The molecule has 0 saturated heterocycles. The number of carbonyl (C=O) groups is 2. The maximum absolute atomic E-state index is 11.8. The van der Waals surface area contributed by atoms with Crippen LogP contribution in [0.4, 0.5) is 0 Å². The van der Waals surface area contributed by atoms with Crippen molar-refractivity contribution in [2.45, 2.75) is 38.6 Å². The summed E-state index contributed by atoms with van der Waals surface area (Å²) in [6.45, 7) is 2.09. The van der Waals surface area contributed by atoms with E-state index in [4.69, 9.17) is 9.84 Å². The molecule has 1 aromatic rings. The van der Waals surface area contributed by atoms with Crippen LogP contribution >= 0.6 is 11.3 Å². The van der Waals surface area contributed by atoms with Crippen molar-refractivity contribution in [2.75, 3.05) is 6.61 Å². The molecular weight excluding hydrogens is 278 g/mol. The molecule has 5 nitrogen and oxygen atoms in total. The number of rotatable bonds is 5. The topological polar surface area (TPSA) is 75.6 Å². The summed E-state index contributed by atoms with van der Waals surface area (Å²) in [5, 5.41) is 13.5. The Morgan fingerprint density at radius 2 is 2.10 bits per heavy atom.